The van der Waals surface area contributed by atoms with Crippen molar-refractivity contribution in [3.63, 3.8) is 0 Å². The average molecular weight is 390 g/mol. The Kier molecular flexibility index (Phi) is 5.58. The van der Waals surface area contributed by atoms with Crippen molar-refractivity contribution in [3.05, 3.63) is 0 Å². The van der Waals surface area contributed by atoms with Gasteiger partial charge in [-0.1, -0.05) is 41.9 Å². The highest BCUT2D eigenvalue weighted by Crippen LogP contribution is 2.38. The maximum absolute atomic E-state index is 12.4. The van der Waals surface area contributed by atoms with Crippen LogP contribution < -0.4 is 0 Å². The van der Waals surface area contributed by atoms with E-state index >= 15 is 0 Å². The smallest absolute Gasteiger partial charge is 0.356 e. The van der Waals surface area contributed by atoms with Gasteiger partial charge in [-0.2, -0.15) is 26.3 Å². The van der Waals surface area contributed by atoms with E-state index in [0.717, 1.165) is 12.8 Å². The monoisotopic (exact) mass is 390 g/mol. The number of ether oxygens (including phenoxy) is 1. The van der Waals surface area contributed by atoms with Gasteiger partial charge in [0.25, 0.3) is 0 Å². The van der Waals surface area contributed by atoms with Crippen molar-refractivity contribution < 1.29 is 31.1 Å². The predicted molar refractivity (Wildman–Crippen MR) is 61.7 cm³/mol. The Balaban J connectivity index is 2.76. The second-order valence-corrected chi connectivity index (χ2v) is 5.89. The molecule has 1 aliphatic carbocycles. The molecule has 0 aromatic heterocycles. The summed E-state index contributed by atoms with van der Waals surface area (Å²) in [7, 11) is 0. The molecule has 8 heteroatoms. The molecule has 0 amide bonds. The molecule has 0 aromatic rings. The molecule has 0 aromatic carbocycles. The van der Waals surface area contributed by atoms with Gasteiger partial charge in [-0.05, 0) is 12.8 Å². The molecule has 1 rings (SSSR count). The van der Waals surface area contributed by atoms with Crippen molar-refractivity contribution in [2.24, 2.45) is 0 Å². The van der Waals surface area contributed by atoms with Crippen LogP contribution in [0.2, 0.25) is 0 Å². The van der Waals surface area contributed by atoms with E-state index < -0.39 is 24.6 Å². The van der Waals surface area contributed by atoms with E-state index in [2.05, 4.69) is 4.74 Å². The zero-order chi connectivity index (χ0) is 14.0. The zero-order valence-corrected chi connectivity index (χ0v) is 11.5. The molecular formula is C10H13F6IO. The topological polar surface area (TPSA) is 9.23 Å². The fourth-order valence-corrected chi connectivity index (χ4v) is 2.87. The molecule has 0 radical (unpaired) electrons. The molecule has 2 atom stereocenters. The maximum atomic E-state index is 12.4. The van der Waals surface area contributed by atoms with Crippen LogP contribution in [0.25, 0.3) is 0 Å². The molecule has 1 saturated carbocycles. The molecule has 0 bridgehead atoms. The third kappa shape index (κ3) is 4.75. The van der Waals surface area contributed by atoms with Crippen LogP contribution in [0, 0.1) is 0 Å². The Morgan fingerprint density at radius 2 is 1.39 bits per heavy atom. The van der Waals surface area contributed by atoms with E-state index in [0.29, 0.717) is 12.8 Å². The lowest BCUT2D eigenvalue weighted by Gasteiger charge is -2.29. The molecule has 108 valence electrons. The fourth-order valence-electron chi connectivity index (χ4n) is 1.90. The summed E-state index contributed by atoms with van der Waals surface area (Å²) in [6.45, 7) is 0. The van der Waals surface area contributed by atoms with Crippen LogP contribution in [0.4, 0.5) is 26.3 Å². The van der Waals surface area contributed by atoms with E-state index in [1.54, 1.807) is 0 Å². The van der Waals surface area contributed by atoms with Gasteiger partial charge in [0, 0.05) is 3.92 Å². The molecule has 0 heterocycles. The molecule has 18 heavy (non-hydrogen) atoms. The van der Waals surface area contributed by atoms with Crippen molar-refractivity contribution in [1.82, 2.24) is 0 Å². The first-order valence-corrected chi connectivity index (χ1v) is 6.80. The Hall–Kier alpha value is 0.270. The summed E-state index contributed by atoms with van der Waals surface area (Å²) < 4.78 is 78.2. The molecule has 2 unspecified atom stereocenters. The SMILES string of the molecule is FC(F)(F)C(OC1CCCCCC1I)C(F)(F)F. The Morgan fingerprint density at radius 1 is 0.889 bits per heavy atom. The minimum Gasteiger partial charge on any atom is -0.356 e. The standard InChI is InChI=1S/C10H13F6IO/c11-9(12,13)8(10(14,15)16)18-7-5-3-1-2-4-6(7)17/h6-8H,1-5H2. The highest BCUT2D eigenvalue weighted by molar-refractivity contribution is 14.1. The third-order valence-electron chi connectivity index (χ3n) is 2.78. The van der Waals surface area contributed by atoms with Gasteiger partial charge < -0.3 is 4.74 Å². The number of halogens is 7. The zero-order valence-electron chi connectivity index (χ0n) is 9.32. The number of hydrogen-bond donors (Lipinski definition) is 0. The summed E-state index contributed by atoms with van der Waals surface area (Å²) in [6.07, 6.45) is -12.4. The molecule has 1 nitrogen and oxygen atoms in total. The summed E-state index contributed by atoms with van der Waals surface area (Å²) in [5, 5.41) is 0. The molecule has 0 aliphatic heterocycles. The first-order chi connectivity index (χ1) is 8.12. The van der Waals surface area contributed by atoms with Gasteiger partial charge in [-0.25, -0.2) is 0 Å². The van der Waals surface area contributed by atoms with Crippen molar-refractivity contribution in [2.45, 2.75) is 60.6 Å². The Bertz CT molecular complexity index is 250. The first kappa shape index (κ1) is 16.3. The van der Waals surface area contributed by atoms with Gasteiger partial charge in [0.15, 0.2) is 0 Å². The van der Waals surface area contributed by atoms with Gasteiger partial charge in [-0.3, -0.25) is 0 Å². The summed E-state index contributed by atoms with van der Waals surface area (Å²) in [5.41, 5.74) is 0. The van der Waals surface area contributed by atoms with Crippen LogP contribution in [0.5, 0.6) is 0 Å². The van der Waals surface area contributed by atoms with Gasteiger partial charge >= 0.3 is 12.4 Å². The van der Waals surface area contributed by atoms with Crippen LogP contribution in [-0.2, 0) is 4.74 Å². The first-order valence-electron chi connectivity index (χ1n) is 5.55. The van der Waals surface area contributed by atoms with E-state index in [1.807, 2.05) is 22.6 Å². The highest BCUT2D eigenvalue weighted by Gasteiger charge is 2.59. The highest BCUT2D eigenvalue weighted by atomic mass is 127. The van der Waals surface area contributed by atoms with E-state index in [4.69, 9.17) is 0 Å². The van der Waals surface area contributed by atoms with Crippen molar-refractivity contribution in [2.75, 3.05) is 0 Å². The summed E-state index contributed by atoms with van der Waals surface area (Å²) in [6, 6.07) is 0. The minimum atomic E-state index is -5.42. The van der Waals surface area contributed by atoms with E-state index in [9.17, 15) is 26.3 Å². The molecule has 0 N–H and O–H groups in total. The Morgan fingerprint density at radius 3 is 1.89 bits per heavy atom. The molecule has 0 spiro atoms. The molecule has 1 fully saturated rings. The summed E-state index contributed by atoms with van der Waals surface area (Å²) in [4.78, 5) is 0. The third-order valence-corrected chi connectivity index (χ3v) is 4.20. The maximum Gasteiger partial charge on any atom is 0.423 e. The predicted octanol–water partition coefficient (Wildman–Crippen LogP) is 4.63. The van der Waals surface area contributed by atoms with Crippen LogP contribution in [-0.4, -0.2) is 28.5 Å². The number of alkyl halides is 7. The quantitative estimate of drug-likeness (QED) is 0.289. The van der Waals surface area contributed by atoms with Crippen molar-refractivity contribution in [1.29, 1.82) is 0 Å². The lowest BCUT2D eigenvalue weighted by Crippen LogP contribution is -2.47. The van der Waals surface area contributed by atoms with E-state index in [1.165, 1.54) is 0 Å². The van der Waals surface area contributed by atoms with Crippen LogP contribution in [0.1, 0.15) is 32.1 Å². The second kappa shape index (κ2) is 6.15. The average Bonchev–Trinajstić information content (AvgIpc) is 2.36. The van der Waals surface area contributed by atoms with Crippen LogP contribution in [0.15, 0.2) is 0 Å². The lowest BCUT2D eigenvalue weighted by molar-refractivity contribution is -0.330. The van der Waals surface area contributed by atoms with Crippen molar-refractivity contribution >= 4 is 22.6 Å². The molecule has 1 aliphatic rings. The van der Waals surface area contributed by atoms with Crippen LogP contribution in [0.3, 0.4) is 0 Å². The molecular weight excluding hydrogens is 377 g/mol. The van der Waals surface area contributed by atoms with Crippen LogP contribution >= 0.6 is 22.6 Å². The number of hydrogen-bond acceptors (Lipinski definition) is 1. The lowest BCUT2D eigenvalue weighted by atomic mass is 10.1. The van der Waals surface area contributed by atoms with Crippen molar-refractivity contribution in [3.8, 4) is 0 Å². The molecule has 0 saturated heterocycles. The van der Waals surface area contributed by atoms with Gasteiger partial charge in [0.05, 0.1) is 6.10 Å². The summed E-state index contributed by atoms with van der Waals surface area (Å²) in [5.74, 6) is 0. The minimum absolute atomic E-state index is 0.246. The fraction of sp³-hybridized carbons (Fsp3) is 1.00. The van der Waals surface area contributed by atoms with Gasteiger partial charge in [0.1, 0.15) is 0 Å². The summed E-state index contributed by atoms with van der Waals surface area (Å²) >= 11 is 1.87. The number of rotatable bonds is 2. The normalized spacial score (nSPS) is 27.3. The second-order valence-electron chi connectivity index (χ2n) is 4.29. The van der Waals surface area contributed by atoms with Gasteiger partial charge in [0.2, 0.25) is 6.10 Å². The van der Waals surface area contributed by atoms with Gasteiger partial charge in [-0.15, -0.1) is 0 Å². The Labute approximate surface area is 114 Å². The van der Waals surface area contributed by atoms with E-state index in [-0.39, 0.29) is 10.3 Å². The largest absolute Gasteiger partial charge is 0.423 e.